The number of likely N-dealkylation sites (N-methyl/N-ethyl adjacent to an activating group) is 1. The highest BCUT2D eigenvalue weighted by Gasteiger charge is 2.23. The van der Waals surface area contributed by atoms with Crippen LogP contribution < -0.4 is 10.0 Å². The standard InChI is InChI=1S/C14H25N3O2S2/c1-3-17(4-2)9-8-16-21(18,19)14-7-10-20-13(14)11-15-12-5-6-12/h7,10,12,15-16H,3-6,8-9,11H2,1-2H3. The van der Waals surface area contributed by atoms with E-state index in [4.69, 9.17) is 0 Å². The molecule has 2 rings (SSSR count). The van der Waals surface area contributed by atoms with Crippen LogP contribution >= 0.6 is 11.3 Å². The van der Waals surface area contributed by atoms with Gasteiger partial charge in [-0.3, -0.25) is 0 Å². The molecule has 0 bridgehead atoms. The van der Waals surface area contributed by atoms with Crippen molar-refractivity contribution in [2.24, 2.45) is 0 Å². The Hall–Kier alpha value is -0.470. The lowest BCUT2D eigenvalue weighted by atomic mass is 10.4. The third kappa shape index (κ3) is 5.03. The number of nitrogens with one attached hydrogen (secondary N) is 2. The number of hydrogen-bond acceptors (Lipinski definition) is 5. The van der Waals surface area contributed by atoms with Crippen LogP contribution in [0.25, 0.3) is 0 Å². The molecule has 120 valence electrons. The van der Waals surface area contributed by atoms with E-state index in [1.165, 1.54) is 24.2 Å². The molecule has 5 nitrogen and oxygen atoms in total. The van der Waals surface area contributed by atoms with Gasteiger partial charge in [-0.1, -0.05) is 13.8 Å². The van der Waals surface area contributed by atoms with Gasteiger partial charge in [0.15, 0.2) is 0 Å². The van der Waals surface area contributed by atoms with Crippen LogP contribution in [0.2, 0.25) is 0 Å². The highest BCUT2D eigenvalue weighted by Crippen LogP contribution is 2.24. The zero-order valence-corrected chi connectivity index (χ0v) is 14.4. The van der Waals surface area contributed by atoms with Crippen LogP contribution in [0, 0.1) is 0 Å². The molecule has 1 heterocycles. The molecule has 7 heteroatoms. The van der Waals surface area contributed by atoms with Crippen LogP contribution in [0.5, 0.6) is 0 Å². The molecular weight excluding hydrogens is 306 g/mol. The van der Waals surface area contributed by atoms with Crippen LogP contribution in [0.1, 0.15) is 31.6 Å². The molecule has 0 aliphatic heterocycles. The number of thiophene rings is 1. The van der Waals surface area contributed by atoms with E-state index in [0.717, 1.165) is 24.5 Å². The fraction of sp³-hybridized carbons (Fsp3) is 0.714. The minimum atomic E-state index is -3.39. The Morgan fingerprint density at radius 2 is 2.05 bits per heavy atom. The van der Waals surface area contributed by atoms with E-state index < -0.39 is 10.0 Å². The van der Waals surface area contributed by atoms with Gasteiger partial charge < -0.3 is 10.2 Å². The largest absolute Gasteiger partial charge is 0.309 e. The summed E-state index contributed by atoms with van der Waals surface area (Å²) in [5.41, 5.74) is 0. The van der Waals surface area contributed by atoms with Gasteiger partial charge in [0.05, 0.1) is 4.90 Å². The molecule has 1 aliphatic carbocycles. The molecule has 21 heavy (non-hydrogen) atoms. The van der Waals surface area contributed by atoms with Crippen LogP contribution in [0.4, 0.5) is 0 Å². The fourth-order valence-electron chi connectivity index (χ4n) is 2.18. The molecule has 1 aromatic rings. The third-order valence-electron chi connectivity index (χ3n) is 3.74. The quantitative estimate of drug-likeness (QED) is 0.684. The van der Waals surface area contributed by atoms with Gasteiger partial charge in [0.25, 0.3) is 0 Å². The van der Waals surface area contributed by atoms with Crippen molar-refractivity contribution in [3.05, 3.63) is 16.3 Å². The van der Waals surface area contributed by atoms with Crippen molar-refractivity contribution in [1.82, 2.24) is 14.9 Å². The van der Waals surface area contributed by atoms with Crippen molar-refractivity contribution in [3.63, 3.8) is 0 Å². The smallest absolute Gasteiger partial charge is 0.241 e. The van der Waals surface area contributed by atoms with Crippen molar-refractivity contribution < 1.29 is 8.42 Å². The highest BCUT2D eigenvalue weighted by atomic mass is 32.2. The van der Waals surface area contributed by atoms with E-state index in [-0.39, 0.29) is 0 Å². The Labute approximate surface area is 131 Å². The summed E-state index contributed by atoms with van der Waals surface area (Å²) in [5.74, 6) is 0. The summed E-state index contributed by atoms with van der Waals surface area (Å²) in [6.07, 6.45) is 2.41. The second-order valence-electron chi connectivity index (χ2n) is 5.29. The number of sulfonamides is 1. The average Bonchev–Trinajstić information content (AvgIpc) is 3.17. The Balaban J connectivity index is 1.90. The summed E-state index contributed by atoms with van der Waals surface area (Å²) >= 11 is 1.50. The van der Waals surface area contributed by atoms with Crippen LogP contribution in [0.3, 0.4) is 0 Å². The Morgan fingerprint density at radius 1 is 1.33 bits per heavy atom. The van der Waals surface area contributed by atoms with Crippen molar-refractivity contribution in [1.29, 1.82) is 0 Å². The molecule has 0 amide bonds. The third-order valence-corrected chi connectivity index (χ3v) is 6.33. The zero-order valence-electron chi connectivity index (χ0n) is 12.8. The Morgan fingerprint density at radius 3 is 2.67 bits per heavy atom. The molecule has 0 saturated heterocycles. The van der Waals surface area contributed by atoms with Crippen molar-refractivity contribution >= 4 is 21.4 Å². The summed E-state index contributed by atoms with van der Waals surface area (Å²) in [7, 11) is -3.39. The first kappa shape index (κ1) is 16.9. The molecule has 0 atom stereocenters. The summed E-state index contributed by atoms with van der Waals surface area (Å²) in [6, 6.07) is 2.28. The second kappa shape index (κ2) is 7.69. The van der Waals surface area contributed by atoms with E-state index in [2.05, 4.69) is 28.8 Å². The number of nitrogens with zero attached hydrogens (tertiary/aromatic N) is 1. The first-order valence-corrected chi connectivity index (χ1v) is 9.94. The summed E-state index contributed by atoms with van der Waals surface area (Å²) in [4.78, 5) is 3.53. The van der Waals surface area contributed by atoms with Crippen LogP contribution in [-0.2, 0) is 16.6 Å². The van der Waals surface area contributed by atoms with Gasteiger partial charge in [0.2, 0.25) is 10.0 Å². The lowest BCUT2D eigenvalue weighted by Crippen LogP contribution is -2.35. The second-order valence-corrected chi connectivity index (χ2v) is 8.02. The van der Waals surface area contributed by atoms with Gasteiger partial charge in [-0.05, 0) is 37.4 Å². The van der Waals surface area contributed by atoms with E-state index in [0.29, 0.717) is 24.0 Å². The molecule has 0 radical (unpaired) electrons. The maximum absolute atomic E-state index is 12.4. The van der Waals surface area contributed by atoms with E-state index in [1.807, 2.05) is 5.38 Å². The van der Waals surface area contributed by atoms with Gasteiger partial charge in [-0.15, -0.1) is 11.3 Å². The summed E-state index contributed by atoms with van der Waals surface area (Å²) < 4.78 is 27.5. The first-order chi connectivity index (χ1) is 10.1. The van der Waals surface area contributed by atoms with Crippen LogP contribution in [-0.4, -0.2) is 45.5 Å². The lowest BCUT2D eigenvalue weighted by Gasteiger charge is -2.18. The molecule has 1 fully saturated rings. The van der Waals surface area contributed by atoms with E-state index >= 15 is 0 Å². The van der Waals surface area contributed by atoms with Gasteiger partial charge in [0, 0.05) is 30.6 Å². The lowest BCUT2D eigenvalue weighted by molar-refractivity contribution is 0.309. The zero-order chi connectivity index (χ0) is 15.3. The number of hydrogen-bond donors (Lipinski definition) is 2. The normalized spacial score (nSPS) is 15.8. The maximum Gasteiger partial charge on any atom is 0.241 e. The summed E-state index contributed by atoms with van der Waals surface area (Å²) in [6.45, 7) is 7.88. The SMILES string of the molecule is CCN(CC)CCNS(=O)(=O)c1ccsc1CNC1CC1. The number of rotatable bonds is 10. The van der Waals surface area contributed by atoms with Gasteiger partial charge in [-0.2, -0.15) is 0 Å². The molecule has 1 aromatic heterocycles. The highest BCUT2D eigenvalue weighted by molar-refractivity contribution is 7.89. The summed E-state index contributed by atoms with van der Waals surface area (Å²) in [5, 5.41) is 5.22. The monoisotopic (exact) mass is 331 g/mol. The fourth-order valence-corrected chi connectivity index (χ4v) is 4.59. The van der Waals surface area contributed by atoms with Crippen molar-refractivity contribution in [2.45, 2.75) is 44.2 Å². The topological polar surface area (TPSA) is 61.4 Å². The molecule has 1 aliphatic rings. The van der Waals surface area contributed by atoms with E-state index in [1.54, 1.807) is 6.07 Å². The average molecular weight is 332 g/mol. The van der Waals surface area contributed by atoms with E-state index in [9.17, 15) is 8.42 Å². The molecule has 0 spiro atoms. The van der Waals surface area contributed by atoms with Crippen LogP contribution in [0.15, 0.2) is 16.3 Å². The predicted molar refractivity (Wildman–Crippen MR) is 87.2 cm³/mol. The van der Waals surface area contributed by atoms with Crippen molar-refractivity contribution in [2.75, 3.05) is 26.2 Å². The van der Waals surface area contributed by atoms with Gasteiger partial charge in [0.1, 0.15) is 0 Å². The van der Waals surface area contributed by atoms with Gasteiger partial charge >= 0.3 is 0 Å². The molecule has 1 saturated carbocycles. The maximum atomic E-state index is 12.4. The molecule has 0 aromatic carbocycles. The predicted octanol–water partition coefficient (Wildman–Crippen LogP) is 1.62. The van der Waals surface area contributed by atoms with Crippen molar-refractivity contribution in [3.8, 4) is 0 Å². The first-order valence-electron chi connectivity index (χ1n) is 7.58. The Kier molecular flexibility index (Phi) is 6.19. The molecule has 2 N–H and O–H groups in total. The molecule has 0 unspecified atom stereocenters. The Bertz CT molecular complexity index is 534. The minimum Gasteiger partial charge on any atom is -0.309 e. The minimum absolute atomic E-state index is 0.431. The van der Waals surface area contributed by atoms with Gasteiger partial charge in [-0.25, -0.2) is 13.1 Å². The molecular formula is C14H25N3O2S2.